The van der Waals surface area contributed by atoms with E-state index in [1.54, 1.807) is 13.3 Å². The standard InChI is InChI=1S/C12H13N3O2/c1-7-5-10(17-2)14-12-13-9(6-15(7)12)11(16)8-3-4-8/h5-6,8H,3-4H2,1-2H3. The van der Waals surface area contributed by atoms with Crippen LogP contribution in [0.4, 0.5) is 0 Å². The van der Waals surface area contributed by atoms with Gasteiger partial charge in [-0.1, -0.05) is 0 Å². The van der Waals surface area contributed by atoms with Crippen LogP contribution in [0.2, 0.25) is 0 Å². The van der Waals surface area contributed by atoms with E-state index >= 15 is 0 Å². The lowest BCUT2D eigenvalue weighted by Crippen LogP contribution is -2.00. The van der Waals surface area contributed by atoms with Crippen LogP contribution in [-0.2, 0) is 0 Å². The number of nitrogens with zero attached hydrogens (tertiary/aromatic N) is 3. The molecule has 0 radical (unpaired) electrons. The summed E-state index contributed by atoms with van der Waals surface area (Å²) in [4.78, 5) is 20.4. The van der Waals surface area contributed by atoms with Gasteiger partial charge in [0.15, 0.2) is 5.78 Å². The number of carbonyl (C=O) groups excluding carboxylic acids is 1. The first kappa shape index (κ1) is 10.3. The van der Waals surface area contributed by atoms with E-state index in [2.05, 4.69) is 9.97 Å². The topological polar surface area (TPSA) is 56.5 Å². The Hall–Kier alpha value is -1.91. The Bertz CT molecular complexity index is 599. The third kappa shape index (κ3) is 1.67. The minimum atomic E-state index is 0.133. The summed E-state index contributed by atoms with van der Waals surface area (Å²) in [5, 5.41) is 0. The van der Waals surface area contributed by atoms with Gasteiger partial charge in [0.1, 0.15) is 5.69 Å². The average molecular weight is 231 g/mol. The van der Waals surface area contributed by atoms with Crippen LogP contribution in [-0.4, -0.2) is 27.3 Å². The normalized spacial score (nSPS) is 15.2. The lowest BCUT2D eigenvalue weighted by Gasteiger charge is -2.01. The van der Waals surface area contributed by atoms with E-state index in [1.807, 2.05) is 17.4 Å². The van der Waals surface area contributed by atoms with Gasteiger partial charge in [0.25, 0.3) is 0 Å². The number of Topliss-reactive ketones (excluding diaryl/α,β-unsaturated/α-hetero) is 1. The molecule has 0 spiro atoms. The van der Waals surface area contributed by atoms with Gasteiger partial charge in [-0.2, -0.15) is 4.98 Å². The molecule has 1 aliphatic carbocycles. The highest BCUT2D eigenvalue weighted by Gasteiger charge is 2.32. The molecule has 0 aromatic carbocycles. The van der Waals surface area contributed by atoms with E-state index in [1.165, 1.54) is 0 Å². The second-order valence-corrected chi connectivity index (χ2v) is 4.37. The zero-order chi connectivity index (χ0) is 12.0. The van der Waals surface area contributed by atoms with E-state index in [9.17, 15) is 4.79 Å². The van der Waals surface area contributed by atoms with Gasteiger partial charge in [0, 0.05) is 23.9 Å². The molecule has 0 amide bonds. The molecule has 88 valence electrons. The second kappa shape index (κ2) is 3.55. The van der Waals surface area contributed by atoms with Crippen molar-refractivity contribution in [1.29, 1.82) is 0 Å². The van der Waals surface area contributed by atoms with Crippen LogP contribution in [0.1, 0.15) is 29.0 Å². The van der Waals surface area contributed by atoms with Crippen molar-refractivity contribution >= 4 is 11.6 Å². The number of hydrogen-bond acceptors (Lipinski definition) is 4. The fraction of sp³-hybridized carbons (Fsp3) is 0.417. The number of ketones is 1. The Morgan fingerprint density at radius 2 is 2.24 bits per heavy atom. The van der Waals surface area contributed by atoms with Gasteiger partial charge in [-0.05, 0) is 19.8 Å². The van der Waals surface area contributed by atoms with Gasteiger partial charge in [-0.3, -0.25) is 9.20 Å². The van der Waals surface area contributed by atoms with Crippen LogP contribution in [0.3, 0.4) is 0 Å². The van der Waals surface area contributed by atoms with E-state index in [4.69, 9.17) is 4.74 Å². The predicted octanol–water partition coefficient (Wildman–Crippen LogP) is 1.64. The van der Waals surface area contributed by atoms with E-state index in [0.29, 0.717) is 17.4 Å². The Morgan fingerprint density at radius 1 is 1.47 bits per heavy atom. The van der Waals surface area contributed by atoms with Crippen molar-refractivity contribution in [1.82, 2.24) is 14.4 Å². The lowest BCUT2D eigenvalue weighted by molar-refractivity contribution is 0.0963. The Labute approximate surface area is 98.4 Å². The predicted molar refractivity (Wildman–Crippen MR) is 61.3 cm³/mol. The number of aromatic nitrogens is 3. The molecule has 0 bridgehead atoms. The summed E-state index contributed by atoms with van der Waals surface area (Å²) < 4.78 is 6.90. The third-order valence-electron chi connectivity index (χ3n) is 3.02. The number of hydrogen-bond donors (Lipinski definition) is 0. The summed E-state index contributed by atoms with van der Waals surface area (Å²) in [6.45, 7) is 1.93. The largest absolute Gasteiger partial charge is 0.481 e. The molecule has 1 aliphatic rings. The molecule has 17 heavy (non-hydrogen) atoms. The molecule has 0 N–H and O–H groups in total. The zero-order valence-electron chi connectivity index (χ0n) is 9.80. The Kier molecular flexibility index (Phi) is 2.14. The van der Waals surface area contributed by atoms with Crippen molar-refractivity contribution in [3.05, 3.63) is 23.7 Å². The molecule has 3 rings (SSSR count). The monoisotopic (exact) mass is 231 g/mol. The SMILES string of the molecule is COc1cc(C)n2cc(C(=O)C3CC3)nc2n1. The molecule has 0 saturated heterocycles. The summed E-state index contributed by atoms with van der Waals surface area (Å²) in [5.41, 5.74) is 1.46. The van der Waals surface area contributed by atoms with Crippen LogP contribution in [0.25, 0.3) is 5.78 Å². The van der Waals surface area contributed by atoms with Crippen LogP contribution < -0.4 is 4.74 Å². The highest BCUT2D eigenvalue weighted by atomic mass is 16.5. The van der Waals surface area contributed by atoms with Gasteiger partial charge >= 0.3 is 0 Å². The highest BCUT2D eigenvalue weighted by Crippen LogP contribution is 2.32. The van der Waals surface area contributed by atoms with Crippen molar-refractivity contribution in [2.75, 3.05) is 7.11 Å². The maximum absolute atomic E-state index is 11.9. The summed E-state index contributed by atoms with van der Waals surface area (Å²) >= 11 is 0. The number of ether oxygens (including phenoxy) is 1. The Balaban J connectivity index is 2.11. The van der Waals surface area contributed by atoms with E-state index in [-0.39, 0.29) is 11.7 Å². The molecule has 1 fully saturated rings. The Morgan fingerprint density at radius 3 is 2.88 bits per heavy atom. The maximum Gasteiger partial charge on any atom is 0.237 e. The van der Waals surface area contributed by atoms with Gasteiger partial charge < -0.3 is 4.74 Å². The smallest absolute Gasteiger partial charge is 0.237 e. The molecule has 2 aromatic rings. The van der Waals surface area contributed by atoms with Crippen molar-refractivity contribution < 1.29 is 9.53 Å². The number of methoxy groups -OCH3 is 1. The number of imidazole rings is 1. The highest BCUT2D eigenvalue weighted by molar-refractivity contribution is 5.98. The summed E-state index contributed by atoms with van der Waals surface area (Å²) in [5.74, 6) is 1.35. The summed E-state index contributed by atoms with van der Waals surface area (Å²) in [6, 6.07) is 1.82. The fourth-order valence-electron chi connectivity index (χ4n) is 1.87. The number of carbonyl (C=O) groups is 1. The lowest BCUT2D eigenvalue weighted by atomic mass is 10.2. The summed E-state index contributed by atoms with van der Waals surface area (Å²) in [7, 11) is 1.57. The average Bonchev–Trinajstić information content (AvgIpc) is 3.07. The molecule has 0 aliphatic heterocycles. The van der Waals surface area contributed by atoms with Gasteiger partial charge in [0.2, 0.25) is 11.7 Å². The first-order valence-electron chi connectivity index (χ1n) is 5.64. The molecule has 5 nitrogen and oxygen atoms in total. The van der Waals surface area contributed by atoms with E-state index in [0.717, 1.165) is 18.5 Å². The molecule has 1 saturated carbocycles. The zero-order valence-corrected chi connectivity index (χ0v) is 9.80. The van der Waals surface area contributed by atoms with Crippen LogP contribution in [0.15, 0.2) is 12.3 Å². The van der Waals surface area contributed by atoms with Gasteiger partial charge in [0.05, 0.1) is 7.11 Å². The number of fused-ring (bicyclic) bond motifs is 1. The van der Waals surface area contributed by atoms with Crippen LogP contribution >= 0.6 is 0 Å². The fourth-order valence-corrected chi connectivity index (χ4v) is 1.87. The van der Waals surface area contributed by atoms with Crippen molar-refractivity contribution in [3.63, 3.8) is 0 Å². The summed E-state index contributed by atoms with van der Waals surface area (Å²) in [6.07, 6.45) is 3.74. The van der Waals surface area contributed by atoms with Crippen molar-refractivity contribution in [2.45, 2.75) is 19.8 Å². The van der Waals surface area contributed by atoms with Crippen molar-refractivity contribution in [3.8, 4) is 5.88 Å². The number of rotatable bonds is 3. The molecule has 0 unspecified atom stereocenters. The minimum absolute atomic E-state index is 0.133. The quantitative estimate of drug-likeness (QED) is 0.753. The van der Waals surface area contributed by atoms with Crippen LogP contribution in [0.5, 0.6) is 5.88 Å². The maximum atomic E-state index is 11.9. The van der Waals surface area contributed by atoms with Gasteiger partial charge in [-0.15, -0.1) is 0 Å². The molecule has 2 aromatic heterocycles. The molecule has 0 atom stereocenters. The second-order valence-electron chi connectivity index (χ2n) is 4.37. The first-order valence-corrected chi connectivity index (χ1v) is 5.64. The molecular formula is C12H13N3O2. The first-order chi connectivity index (χ1) is 8.19. The molecule has 2 heterocycles. The van der Waals surface area contributed by atoms with Crippen LogP contribution in [0, 0.1) is 12.8 Å². The third-order valence-corrected chi connectivity index (χ3v) is 3.02. The molecular weight excluding hydrogens is 218 g/mol. The minimum Gasteiger partial charge on any atom is -0.481 e. The molecule has 5 heteroatoms. The van der Waals surface area contributed by atoms with Crippen molar-refractivity contribution in [2.24, 2.45) is 5.92 Å². The van der Waals surface area contributed by atoms with E-state index < -0.39 is 0 Å². The van der Waals surface area contributed by atoms with Gasteiger partial charge in [-0.25, -0.2) is 4.98 Å². The number of aryl methyl sites for hydroxylation is 1.